The Hall–Kier alpha value is -2.16. The highest BCUT2D eigenvalue weighted by Gasteiger charge is 2.27. The number of rotatable bonds is 2. The van der Waals surface area contributed by atoms with E-state index in [-0.39, 0.29) is 12.3 Å². The van der Waals surface area contributed by atoms with E-state index in [0.717, 1.165) is 0 Å². The van der Waals surface area contributed by atoms with Crippen molar-refractivity contribution in [2.45, 2.75) is 12.3 Å². The molecular weight excluding hydrogens is 258 g/mol. The quantitative estimate of drug-likeness (QED) is 0.757. The van der Waals surface area contributed by atoms with Crippen LogP contribution in [0.25, 0.3) is 10.8 Å². The summed E-state index contributed by atoms with van der Waals surface area (Å²) >= 11 is 0. The standard InChI is InChI=1S/C19H17NO/c1-2-8-15(9-3-1)18-13-21-19(20-18)17-12-6-10-14-7-4-5-11-16(14)17/h1-12,18-20H,13H2. The van der Waals surface area contributed by atoms with Gasteiger partial charge in [0, 0.05) is 5.56 Å². The second kappa shape index (κ2) is 5.32. The average Bonchev–Trinajstić information content (AvgIpc) is 3.05. The maximum absolute atomic E-state index is 6.00. The number of hydrogen-bond acceptors (Lipinski definition) is 2. The third-order valence-corrected chi connectivity index (χ3v) is 4.09. The van der Waals surface area contributed by atoms with Crippen molar-refractivity contribution in [1.29, 1.82) is 0 Å². The molecule has 0 saturated carbocycles. The molecule has 2 unspecified atom stereocenters. The first-order chi connectivity index (χ1) is 10.4. The van der Waals surface area contributed by atoms with Gasteiger partial charge in [-0.2, -0.15) is 0 Å². The maximum Gasteiger partial charge on any atom is 0.135 e. The van der Waals surface area contributed by atoms with Crippen LogP contribution in [0.2, 0.25) is 0 Å². The van der Waals surface area contributed by atoms with Gasteiger partial charge in [0.2, 0.25) is 0 Å². The molecule has 0 spiro atoms. The molecule has 1 saturated heterocycles. The molecule has 21 heavy (non-hydrogen) atoms. The van der Waals surface area contributed by atoms with Crippen LogP contribution in [0.3, 0.4) is 0 Å². The predicted molar refractivity (Wildman–Crippen MR) is 85.0 cm³/mol. The number of ether oxygens (including phenoxy) is 1. The van der Waals surface area contributed by atoms with Gasteiger partial charge in [-0.15, -0.1) is 0 Å². The van der Waals surface area contributed by atoms with Crippen LogP contribution in [0.1, 0.15) is 23.4 Å². The van der Waals surface area contributed by atoms with Crippen molar-refractivity contribution in [3.8, 4) is 0 Å². The number of nitrogens with one attached hydrogen (secondary N) is 1. The summed E-state index contributed by atoms with van der Waals surface area (Å²) in [6, 6.07) is 25.6. The first kappa shape index (κ1) is 12.6. The van der Waals surface area contributed by atoms with Crippen LogP contribution < -0.4 is 5.32 Å². The van der Waals surface area contributed by atoms with Gasteiger partial charge >= 0.3 is 0 Å². The molecule has 3 aromatic rings. The largest absolute Gasteiger partial charge is 0.357 e. The molecule has 2 nitrogen and oxygen atoms in total. The molecule has 0 bridgehead atoms. The molecule has 1 fully saturated rings. The van der Waals surface area contributed by atoms with E-state index in [9.17, 15) is 0 Å². The van der Waals surface area contributed by atoms with Crippen molar-refractivity contribution in [2.75, 3.05) is 6.61 Å². The zero-order valence-corrected chi connectivity index (χ0v) is 11.7. The van der Waals surface area contributed by atoms with Crippen molar-refractivity contribution < 1.29 is 4.74 Å². The second-order valence-corrected chi connectivity index (χ2v) is 5.41. The Bertz CT molecular complexity index is 748. The third kappa shape index (κ3) is 2.33. The Balaban J connectivity index is 1.66. The van der Waals surface area contributed by atoms with Crippen molar-refractivity contribution in [2.24, 2.45) is 0 Å². The summed E-state index contributed by atoms with van der Waals surface area (Å²) in [6.45, 7) is 0.706. The van der Waals surface area contributed by atoms with Gasteiger partial charge in [-0.25, -0.2) is 0 Å². The summed E-state index contributed by atoms with van der Waals surface area (Å²) < 4.78 is 6.00. The highest BCUT2D eigenvalue weighted by molar-refractivity contribution is 5.85. The summed E-state index contributed by atoms with van der Waals surface area (Å²) in [7, 11) is 0. The lowest BCUT2D eigenvalue weighted by Gasteiger charge is -2.15. The van der Waals surface area contributed by atoms with Gasteiger partial charge in [0.05, 0.1) is 12.6 Å². The van der Waals surface area contributed by atoms with Crippen molar-refractivity contribution >= 4 is 10.8 Å². The molecule has 4 rings (SSSR count). The van der Waals surface area contributed by atoms with Crippen LogP contribution >= 0.6 is 0 Å². The molecule has 1 aliphatic heterocycles. The van der Waals surface area contributed by atoms with Gasteiger partial charge in [0.25, 0.3) is 0 Å². The van der Waals surface area contributed by atoms with Crippen LogP contribution in [0.4, 0.5) is 0 Å². The second-order valence-electron chi connectivity index (χ2n) is 5.41. The topological polar surface area (TPSA) is 21.3 Å². The monoisotopic (exact) mass is 275 g/mol. The number of benzene rings is 3. The van der Waals surface area contributed by atoms with E-state index in [1.165, 1.54) is 21.9 Å². The van der Waals surface area contributed by atoms with E-state index in [4.69, 9.17) is 4.74 Å². The SMILES string of the molecule is c1ccc(C2COC(c3cccc4ccccc34)N2)cc1. The Morgan fingerprint density at radius 1 is 0.810 bits per heavy atom. The fraction of sp³-hybridized carbons (Fsp3) is 0.158. The first-order valence-electron chi connectivity index (χ1n) is 7.32. The number of hydrogen-bond donors (Lipinski definition) is 1. The Morgan fingerprint density at radius 2 is 1.57 bits per heavy atom. The van der Waals surface area contributed by atoms with Crippen molar-refractivity contribution in [3.05, 3.63) is 83.9 Å². The van der Waals surface area contributed by atoms with Gasteiger partial charge < -0.3 is 4.74 Å². The number of fused-ring (bicyclic) bond motifs is 1. The highest BCUT2D eigenvalue weighted by atomic mass is 16.5. The minimum atomic E-state index is -0.0405. The lowest BCUT2D eigenvalue weighted by molar-refractivity contribution is 0.102. The van der Waals surface area contributed by atoms with Crippen LogP contribution in [-0.2, 0) is 4.74 Å². The summed E-state index contributed by atoms with van der Waals surface area (Å²) in [5.41, 5.74) is 2.49. The van der Waals surface area contributed by atoms with Gasteiger partial charge in [-0.3, -0.25) is 5.32 Å². The molecule has 0 aliphatic carbocycles. The molecular formula is C19H17NO. The van der Waals surface area contributed by atoms with Gasteiger partial charge in [-0.1, -0.05) is 72.8 Å². The van der Waals surface area contributed by atoms with E-state index in [1.54, 1.807) is 0 Å². The third-order valence-electron chi connectivity index (χ3n) is 4.09. The van der Waals surface area contributed by atoms with Gasteiger partial charge in [0.15, 0.2) is 0 Å². The lowest BCUT2D eigenvalue weighted by atomic mass is 10.0. The fourth-order valence-corrected chi connectivity index (χ4v) is 3.01. The van der Waals surface area contributed by atoms with E-state index < -0.39 is 0 Å². The van der Waals surface area contributed by atoms with E-state index in [0.29, 0.717) is 6.61 Å². The highest BCUT2D eigenvalue weighted by Crippen LogP contribution is 2.32. The fourth-order valence-electron chi connectivity index (χ4n) is 3.01. The lowest BCUT2D eigenvalue weighted by Crippen LogP contribution is -2.18. The molecule has 0 radical (unpaired) electrons. The predicted octanol–water partition coefficient (Wildman–Crippen LogP) is 4.20. The minimum Gasteiger partial charge on any atom is -0.357 e. The van der Waals surface area contributed by atoms with Crippen LogP contribution in [0.5, 0.6) is 0 Å². The molecule has 1 N–H and O–H groups in total. The molecule has 3 aromatic carbocycles. The molecule has 1 aliphatic rings. The van der Waals surface area contributed by atoms with Crippen LogP contribution in [0.15, 0.2) is 72.8 Å². The summed E-state index contributed by atoms with van der Waals surface area (Å²) in [5, 5.41) is 6.10. The van der Waals surface area contributed by atoms with Crippen LogP contribution in [-0.4, -0.2) is 6.61 Å². The molecule has 2 atom stereocenters. The van der Waals surface area contributed by atoms with Crippen molar-refractivity contribution in [1.82, 2.24) is 5.32 Å². The Labute approximate surface area is 124 Å². The Morgan fingerprint density at radius 3 is 2.48 bits per heavy atom. The summed E-state index contributed by atoms with van der Waals surface area (Å²) in [6.07, 6.45) is -0.0405. The Kier molecular flexibility index (Phi) is 3.18. The van der Waals surface area contributed by atoms with Gasteiger partial charge in [-0.05, 0) is 16.3 Å². The van der Waals surface area contributed by atoms with Crippen molar-refractivity contribution in [3.63, 3.8) is 0 Å². The zero-order valence-electron chi connectivity index (χ0n) is 11.7. The maximum atomic E-state index is 6.00. The molecule has 2 heteroatoms. The van der Waals surface area contributed by atoms with E-state index in [2.05, 4.69) is 72.0 Å². The molecule has 0 amide bonds. The summed E-state index contributed by atoms with van der Waals surface area (Å²) in [4.78, 5) is 0. The molecule has 104 valence electrons. The zero-order chi connectivity index (χ0) is 14.1. The van der Waals surface area contributed by atoms with E-state index >= 15 is 0 Å². The normalized spacial score (nSPS) is 21.7. The minimum absolute atomic E-state index is 0.0405. The van der Waals surface area contributed by atoms with Crippen LogP contribution in [0, 0.1) is 0 Å². The molecule has 0 aromatic heterocycles. The van der Waals surface area contributed by atoms with E-state index in [1.807, 2.05) is 6.07 Å². The summed E-state index contributed by atoms with van der Waals surface area (Å²) in [5.74, 6) is 0. The smallest absolute Gasteiger partial charge is 0.135 e. The molecule has 1 heterocycles. The van der Waals surface area contributed by atoms with Gasteiger partial charge in [0.1, 0.15) is 6.23 Å². The average molecular weight is 275 g/mol. The first-order valence-corrected chi connectivity index (χ1v) is 7.32.